The van der Waals surface area contributed by atoms with Gasteiger partial charge in [0.25, 0.3) is 5.91 Å². The summed E-state index contributed by atoms with van der Waals surface area (Å²) in [7, 11) is 1.31. The van der Waals surface area contributed by atoms with E-state index in [1.54, 1.807) is 12.1 Å². The second-order valence-corrected chi connectivity index (χ2v) is 6.83. The summed E-state index contributed by atoms with van der Waals surface area (Å²) in [5.74, 6) is -0.743. The summed E-state index contributed by atoms with van der Waals surface area (Å²) in [6, 6.07) is 12.3. The van der Waals surface area contributed by atoms with Crippen molar-refractivity contribution in [3.63, 3.8) is 0 Å². The van der Waals surface area contributed by atoms with E-state index in [0.717, 1.165) is 41.4 Å². The summed E-state index contributed by atoms with van der Waals surface area (Å²) < 4.78 is 4.74. The maximum absolute atomic E-state index is 13.2. The highest BCUT2D eigenvalue weighted by Gasteiger charge is 2.24. The van der Waals surface area contributed by atoms with E-state index in [9.17, 15) is 9.59 Å². The molecular formula is C21H17ClN2O3. The fourth-order valence-electron chi connectivity index (χ4n) is 3.52. The van der Waals surface area contributed by atoms with Gasteiger partial charge in [-0.2, -0.15) is 0 Å². The van der Waals surface area contributed by atoms with Gasteiger partial charge >= 0.3 is 5.97 Å². The number of pyridine rings is 1. The molecular weight excluding hydrogens is 364 g/mol. The van der Waals surface area contributed by atoms with Gasteiger partial charge in [0.2, 0.25) is 0 Å². The van der Waals surface area contributed by atoms with Crippen molar-refractivity contribution in [2.75, 3.05) is 12.4 Å². The van der Waals surface area contributed by atoms with Crippen LogP contribution >= 0.6 is 11.6 Å². The summed E-state index contributed by atoms with van der Waals surface area (Å²) in [5.41, 5.74) is 4.10. The summed E-state index contributed by atoms with van der Waals surface area (Å²) in [5, 5.41) is 4.03. The van der Waals surface area contributed by atoms with Crippen LogP contribution in [-0.2, 0) is 17.6 Å². The van der Waals surface area contributed by atoms with Crippen LogP contribution in [0, 0.1) is 0 Å². The zero-order valence-electron chi connectivity index (χ0n) is 14.7. The number of ether oxygens (including phenoxy) is 1. The third-order valence-corrected chi connectivity index (χ3v) is 5.11. The van der Waals surface area contributed by atoms with Crippen molar-refractivity contribution in [3.05, 3.63) is 69.9 Å². The number of nitrogens with zero attached hydrogens (tertiary/aromatic N) is 1. The first kappa shape index (κ1) is 17.5. The highest BCUT2D eigenvalue weighted by atomic mass is 35.5. The van der Waals surface area contributed by atoms with Gasteiger partial charge in [0, 0.05) is 11.1 Å². The molecule has 0 saturated carbocycles. The molecule has 1 aliphatic carbocycles. The zero-order valence-corrected chi connectivity index (χ0v) is 15.5. The van der Waals surface area contributed by atoms with Crippen molar-refractivity contribution < 1.29 is 14.3 Å². The highest BCUT2D eigenvalue weighted by Crippen LogP contribution is 2.31. The van der Waals surface area contributed by atoms with Gasteiger partial charge in [0.1, 0.15) is 0 Å². The van der Waals surface area contributed by atoms with Gasteiger partial charge in [-0.1, -0.05) is 29.8 Å². The van der Waals surface area contributed by atoms with E-state index in [2.05, 4.69) is 5.32 Å². The molecule has 1 aliphatic rings. The van der Waals surface area contributed by atoms with E-state index >= 15 is 0 Å². The second-order valence-electron chi connectivity index (χ2n) is 6.42. The Bertz CT molecular complexity index is 1080. The molecule has 3 aromatic rings. The lowest BCUT2D eigenvalue weighted by molar-refractivity contribution is 0.0600. The first-order valence-electron chi connectivity index (χ1n) is 8.68. The third-order valence-electron chi connectivity index (χ3n) is 4.78. The molecule has 0 bridgehead atoms. The fourth-order valence-corrected chi connectivity index (χ4v) is 3.69. The quantitative estimate of drug-likeness (QED) is 0.683. The number of carbonyl (C=O) groups is 2. The van der Waals surface area contributed by atoms with Crippen LogP contribution in [0.4, 0.5) is 5.69 Å². The molecule has 0 radical (unpaired) electrons. The Hall–Kier alpha value is -2.92. The average Bonchev–Trinajstić information content (AvgIpc) is 3.14. The number of esters is 1. The van der Waals surface area contributed by atoms with Crippen molar-refractivity contribution >= 4 is 40.1 Å². The summed E-state index contributed by atoms with van der Waals surface area (Å²) in [4.78, 5) is 29.7. The normalized spacial score (nSPS) is 12.7. The van der Waals surface area contributed by atoms with Crippen LogP contribution in [0.2, 0.25) is 5.02 Å². The van der Waals surface area contributed by atoms with Crippen molar-refractivity contribution in [2.24, 2.45) is 0 Å². The average molecular weight is 381 g/mol. The molecule has 6 heteroatoms. The van der Waals surface area contributed by atoms with Crippen LogP contribution in [0.5, 0.6) is 0 Å². The van der Waals surface area contributed by atoms with E-state index in [1.807, 2.05) is 24.3 Å². The molecule has 0 unspecified atom stereocenters. The summed E-state index contributed by atoms with van der Waals surface area (Å²) >= 11 is 6.23. The topological polar surface area (TPSA) is 68.3 Å². The minimum atomic E-state index is -0.489. The number of para-hydroxylation sites is 1. The Balaban J connectivity index is 1.78. The number of amides is 1. The van der Waals surface area contributed by atoms with Crippen molar-refractivity contribution in [2.45, 2.75) is 19.3 Å². The number of hydrogen-bond acceptors (Lipinski definition) is 4. The van der Waals surface area contributed by atoms with E-state index in [4.69, 9.17) is 21.3 Å². The van der Waals surface area contributed by atoms with Crippen LogP contribution in [0.25, 0.3) is 10.9 Å². The standard InChI is InChI=1S/C21H17ClN2O3/c1-27-21(26)12-9-10-15(22)18(11-12)24-20(25)19-13-5-2-3-7-16(13)23-17-8-4-6-14(17)19/h2-3,5,7,9-11H,4,6,8H2,1H3,(H,24,25). The maximum Gasteiger partial charge on any atom is 0.337 e. The molecule has 1 aromatic heterocycles. The number of fused-ring (bicyclic) bond motifs is 2. The number of carbonyl (C=O) groups excluding carboxylic acids is 2. The van der Waals surface area contributed by atoms with Crippen LogP contribution in [-0.4, -0.2) is 24.0 Å². The van der Waals surface area contributed by atoms with Gasteiger partial charge in [-0.05, 0) is 49.1 Å². The predicted molar refractivity (Wildman–Crippen MR) is 105 cm³/mol. The molecule has 1 amide bonds. The molecule has 27 heavy (non-hydrogen) atoms. The monoisotopic (exact) mass is 380 g/mol. The Labute approximate surface area is 161 Å². The Morgan fingerprint density at radius 2 is 1.96 bits per heavy atom. The molecule has 0 spiro atoms. The molecule has 0 atom stereocenters. The SMILES string of the molecule is COC(=O)c1ccc(Cl)c(NC(=O)c2c3c(nc4ccccc24)CCC3)c1. The van der Waals surface area contributed by atoms with E-state index in [-0.39, 0.29) is 5.91 Å². The molecule has 5 nitrogen and oxygen atoms in total. The number of halogens is 1. The minimum absolute atomic E-state index is 0.254. The Morgan fingerprint density at radius 1 is 1.15 bits per heavy atom. The van der Waals surface area contributed by atoms with Crippen LogP contribution < -0.4 is 5.32 Å². The largest absolute Gasteiger partial charge is 0.465 e. The smallest absolute Gasteiger partial charge is 0.337 e. The number of nitrogens with one attached hydrogen (secondary N) is 1. The highest BCUT2D eigenvalue weighted by molar-refractivity contribution is 6.34. The molecule has 136 valence electrons. The molecule has 1 N–H and O–H groups in total. The molecule has 0 saturated heterocycles. The van der Waals surface area contributed by atoms with Gasteiger partial charge < -0.3 is 10.1 Å². The fraction of sp³-hybridized carbons (Fsp3) is 0.190. The van der Waals surface area contributed by atoms with Crippen LogP contribution in [0.1, 0.15) is 38.4 Å². The molecule has 2 aromatic carbocycles. The molecule has 0 fully saturated rings. The summed E-state index contributed by atoms with van der Waals surface area (Å²) in [6.07, 6.45) is 2.68. The predicted octanol–water partition coefficient (Wildman–Crippen LogP) is 4.42. The molecule has 4 rings (SSSR count). The number of anilines is 1. The number of rotatable bonds is 3. The molecule has 0 aliphatic heterocycles. The first-order chi connectivity index (χ1) is 13.1. The number of aromatic nitrogens is 1. The first-order valence-corrected chi connectivity index (χ1v) is 9.06. The number of benzene rings is 2. The Kier molecular flexibility index (Phi) is 4.54. The van der Waals surface area contributed by atoms with Gasteiger partial charge in [0.05, 0.1) is 34.5 Å². The van der Waals surface area contributed by atoms with Gasteiger partial charge in [-0.15, -0.1) is 0 Å². The van der Waals surface area contributed by atoms with Crippen LogP contribution in [0.15, 0.2) is 42.5 Å². The van der Waals surface area contributed by atoms with Crippen molar-refractivity contribution in [1.29, 1.82) is 0 Å². The lowest BCUT2D eigenvalue weighted by Gasteiger charge is -2.14. The number of methoxy groups -OCH3 is 1. The lowest BCUT2D eigenvalue weighted by atomic mass is 10.0. The van der Waals surface area contributed by atoms with E-state index in [0.29, 0.717) is 21.8 Å². The second kappa shape index (κ2) is 7.00. The zero-order chi connectivity index (χ0) is 19.0. The minimum Gasteiger partial charge on any atom is -0.465 e. The van der Waals surface area contributed by atoms with Gasteiger partial charge in [-0.3, -0.25) is 9.78 Å². The maximum atomic E-state index is 13.2. The Morgan fingerprint density at radius 3 is 2.78 bits per heavy atom. The molecule has 1 heterocycles. The number of hydrogen-bond donors (Lipinski definition) is 1. The van der Waals surface area contributed by atoms with Gasteiger partial charge in [-0.25, -0.2) is 4.79 Å². The van der Waals surface area contributed by atoms with Crippen molar-refractivity contribution in [3.8, 4) is 0 Å². The lowest BCUT2D eigenvalue weighted by Crippen LogP contribution is -2.16. The number of aryl methyl sites for hydroxylation is 1. The third kappa shape index (κ3) is 3.15. The van der Waals surface area contributed by atoms with E-state index < -0.39 is 5.97 Å². The van der Waals surface area contributed by atoms with Crippen LogP contribution in [0.3, 0.4) is 0 Å². The van der Waals surface area contributed by atoms with Crippen molar-refractivity contribution in [1.82, 2.24) is 4.98 Å². The van der Waals surface area contributed by atoms with Gasteiger partial charge in [0.15, 0.2) is 0 Å². The van der Waals surface area contributed by atoms with E-state index in [1.165, 1.54) is 13.2 Å². The summed E-state index contributed by atoms with van der Waals surface area (Å²) in [6.45, 7) is 0.